The highest BCUT2D eigenvalue weighted by Crippen LogP contribution is 2.32. The topological polar surface area (TPSA) is 107 Å². The van der Waals surface area contributed by atoms with E-state index in [4.69, 9.17) is 0 Å². The number of nitrogens with zero attached hydrogens (tertiary/aromatic N) is 2. The Hall–Kier alpha value is -3.23. The van der Waals surface area contributed by atoms with Crippen LogP contribution < -0.4 is 5.32 Å². The number of aliphatic hydroxyl groups is 1. The van der Waals surface area contributed by atoms with E-state index in [9.17, 15) is 28.7 Å². The number of piperazine rings is 1. The number of hydrogen-bond acceptors (Lipinski definition) is 6. The molecule has 2 saturated heterocycles. The number of piperidine rings is 1. The minimum absolute atomic E-state index is 0.0534. The van der Waals surface area contributed by atoms with Crippen LogP contribution in [0.3, 0.4) is 0 Å². The van der Waals surface area contributed by atoms with E-state index in [1.807, 2.05) is 6.92 Å². The predicted molar refractivity (Wildman–Crippen MR) is 102 cm³/mol. The van der Waals surface area contributed by atoms with Gasteiger partial charge in [0.05, 0.1) is 0 Å². The normalized spacial score (nSPS) is 26.5. The Morgan fingerprint density at radius 3 is 2.60 bits per heavy atom. The van der Waals surface area contributed by atoms with E-state index in [1.54, 1.807) is 0 Å². The van der Waals surface area contributed by atoms with Crippen LogP contribution in [0.25, 0.3) is 0 Å². The maximum absolute atomic E-state index is 13.0. The fourth-order valence-corrected chi connectivity index (χ4v) is 4.23. The average Bonchev–Trinajstić information content (AvgIpc) is 2.73. The summed E-state index contributed by atoms with van der Waals surface area (Å²) < 4.78 is 13.0. The fraction of sp³-hybridized carbons (Fsp3) is 0.429. The summed E-state index contributed by atoms with van der Waals surface area (Å²) in [5.41, 5.74) is 0.514. The van der Waals surface area contributed by atoms with Crippen molar-refractivity contribution in [3.8, 4) is 0 Å². The number of benzene rings is 1. The number of aliphatic hydroxyl groups excluding tert-OH is 1. The Balaban J connectivity index is 1.52. The molecule has 9 heteroatoms. The zero-order chi connectivity index (χ0) is 21.6. The minimum atomic E-state index is -1.20. The molecule has 2 amide bonds. The number of Topliss-reactive ketones (excluding diaryl/α,β-unsaturated/α-hetero) is 2. The highest BCUT2D eigenvalue weighted by molar-refractivity contribution is 6.14. The Labute approximate surface area is 172 Å². The van der Waals surface area contributed by atoms with Crippen molar-refractivity contribution in [1.29, 1.82) is 0 Å². The SMILES string of the molecule is C[C@@H]1CCN2C(=O)C3=C(O)C(=O)C(C(=O)NCc4ccc(F)cc4)CN3C[C@H]2C1=O. The van der Waals surface area contributed by atoms with E-state index >= 15 is 0 Å². The lowest BCUT2D eigenvalue weighted by atomic mass is 9.86. The zero-order valence-electron chi connectivity index (χ0n) is 16.4. The second-order valence-electron chi connectivity index (χ2n) is 7.97. The number of hydrogen-bond donors (Lipinski definition) is 2. The van der Waals surface area contributed by atoms with Gasteiger partial charge in [-0.3, -0.25) is 19.2 Å². The number of amides is 2. The van der Waals surface area contributed by atoms with E-state index in [0.717, 1.165) is 0 Å². The summed E-state index contributed by atoms with van der Waals surface area (Å²) >= 11 is 0. The van der Waals surface area contributed by atoms with Gasteiger partial charge in [0.1, 0.15) is 23.5 Å². The van der Waals surface area contributed by atoms with Gasteiger partial charge in [-0.1, -0.05) is 19.1 Å². The number of allylic oxidation sites excluding steroid dienone is 1. The van der Waals surface area contributed by atoms with Crippen molar-refractivity contribution in [2.24, 2.45) is 11.8 Å². The number of carbonyl (C=O) groups excluding carboxylic acids is 4. The smallest absolute Gasteiger partial charge is 0.274 e. The van der Waals surface area contributed by atoms with E-state index < -0.39 is 41.1 Å². The molecule has 3 heterocycles. The summed E-state index contributed by atoms with van der Waals surface area (Å²) in [6, 6.07) is 4.92. The first-order chi connectivity index (χ1) is 14.3. The molecular weight excluding hydrogens is 393 g/mol. The number of fused-ring (bicyclic) bond motifs is 2. The number of ketones is 2. The molecule has 1 aromatic rings. The van der Waals surface area contributed by atoms with Crippen LogP contribution in [0.2, 0.25) is 0 Å². The average molecular weight is 415 g/mol. The molecule has 8 nitrogen and oxygen atoms in total. The van der Waals surface area contributed by atoms with Crippen molar-refractivity contribution >= 4 is 23.4 Å². The third-order valence-electron chi connectivity index (χ3n) is 6.04. The largest absolute Gasteiger partial charge is 0.503 e. The van der Waals surface area contributed by atoms with Gasteiger partial charge in [0.2, 0.25) is 11.7 Å². The first-order valence-electron chi connectivity index (χ1n) is 9.87. The fourth-order valence-electron chi connectivity index (χ4n) is 4.23. The van der Waals surface area contributed by atoms with E-state index in [-0.39, 0.29) is 37.0 Å². The van der Waals surface area contributed by atoms with E-state index in [1.165, 1.54) is 34.1 Å². The van der Waals surface area contributed by atoms with Crippen molar-refractivity contribution in [3.63, 3.8) is 0 Å². The van der Waals surface area contributed by atoms with Gasteiger partial charge in [-0.25, -0.2) is 4.39 Å². The summed E-state index contributed by atoms with van der Waals surface area (Å²) in [7, 11) is 0. The maximum atomic E-state index is 13.0. The lowest BCUT2D eigenvalue weighted by Crippen LogP contribution is -2.64. The molecule has 30 heavy (non-hydrogen) atoms. The number of nitrogens with one attached hydrogen (secondary N) is 1. The van der Waals surface area contributed by atoms with Gasteiger partial charge >= 0.3 is 0 Å². The molecule has 1 aromatic carbocycles. The summed E-state index contributed by atoms with van der Waals surface area (Å²) in [5, 5.41) is 13.0. The van der Waals surface area contributed by atoms with Crippen LogP contribution in [0, 0.1) is 17.7 Å². The van der Waals surface area contributed by atoms with Crippen LogP contribution in [0.15, 0.2) is 35.7 Å². The van der Waals surface area contributed by atoms with Gasteiger partial charge in [0.15, 0.2) is 11.5 Å². The molecule has 0 radical (unpaired) electrons. The molecule has 158 valence electrons. The van der Waals surface area contributed by atoms with Crippen molar-refractivity contribution < 1.29 is 28.7 Å². The van der Waals surface area contributed by atoms with Gasteiger partial charge in [-0.2, -0.15) is 0 Å². The molecule has 4 rings (SSSR count). The highest BCUT2D eigenvalue weighted by Gasteiger charge is 2.50. The third kappa shape index (κ3) is 3.34. The van der Waals surface area contributed by atoms with E-state index in [2.05, 4.69) is 5.32 Å². The van der Waals surface area contributed by atoms with Crippen LogP contribution in [-0.4, -0.2) is 64.0 Å². The minimum Gasteiger partial charge on any atom is -0.503 e. The molecule has 2 N–H and O–H groups in total. The Kier molecular flexibility index (Phi) is 5.05. The summed E-state index contributed by atoms with van der Waals surface area (Å²) in [4.78, 5) is 53.5. The lowest BCUT2D eigenvalue weighted by molar-refractivity contribution is -0.150. The molecule has 0 saturated carbocycles. The van der Waals surface area contributed by atoms with Gasteiger partial charge in [0.25, 0.3) is 5.91 Å². The van der Waals surface area contributed by atoms with Gasteiger partial charge in [-0.15, -0.1) is 0 Å². The van der Waals surface area contributed by atoms with Crippen LogP contribution in [-0.2, 0) is 25.7 Å². The van der Waals surface area contributed by atoms with Crippen molar-refractivity contribution in [1.82, 2.24) is 15.1 Å². The van der Waals surface area contributed by atoms with Gasteiger partial charge in [0, 0.05) is 32.1 Å². The molecule has 2 fully saturated rings. The number of rotatable bonds is 3. The van der Waals surface area contributed by atoms with Crippen molar-refractivity contribution in [2.45, 2.75) is 25.9 Å². The molecule has 0 aromatic heterocycles. The standard InChI is InChI=1S/C21H22FN3O5/c1-11-6-7-25-15(17(11)26)10-24-9-14(18(27)19(28)16(24)21(25)30)20(29)23-8-12-2-4-13(22)5-3-12/h2-5,11,14-15,28H,6-10H2,1H3,(H,23,29)/t11-,14?,15+/m1/s1. The predicted octanol–water partition coefficient (Wildman–Crippen LogP) is 0.532. The van der Waals surface area contributed by atoms with Gasteiger partial charge in [-0.05, 0) is 24.1 Å². The van der Waals surface area contributed by atoms with Crippen LogP contribution >= 0.6 is 0 Å². The van der Waals surface area contributed by atoms with E-state index in [0.29, 0.717) is 18.5 Å². The number of halogens is 1. The first kappa shape index (κ1) is 20.1. The van der Waals surface area contributed by atoms with Crippen molar-refractivity contribution in [3.05, 3.63) is 47.1 Å². The second-order valence-corrected chi connectivity index (χ2v) is 7.97. The van der Waals surface area contributed by atoms with Crippen LogP contribution in [0.1, 0.15) is 18.9 Å². The Bertz CT molecular complexity index is 958. The summed E-state index contributed by atoms with van der Waals surface area (Å²) in [5.74, 6) is -4.54. The molecule has 3 aliphatic heterocycles. The molecule has 3 atom stereocenters. The summed E-state index contributed by atoms with van der Waals surface area (Å²) in [6.07, 6.45) is 0.539. The highest BCUT2D eigenvalue weighted by atomic mass is 19.1. The molecule has 0 aliphatic carbocycles. The third-order valence-corrected chi connectivity index (χ3v) is 6.04. The van der Waals surface area contributed by atoms with Crippen molar-refractivity contribution in [2.75, 3.05) is 19.6 Å². The van der Waals surface area contributed by atoms with Crippen LogP contribution in [0.4, 0.5) is 4.39 Å². The first-order valence-corrected chi connectivity index (χ1v) is 9.87. The van der Waals surface area contributed by atoms with Gasteiger partial charge < -0.3 is 20.2 Å². The molecule has 1 unspecified atom stereocenters. The molecule has 3 aliphatic rings. The Morgan fingerprint density at radius 2 is 1.90 bits per heavy atom. The number of carbonyl (C=O) groups is 4. The summed E-state index contributed by atoms with van der Waals surface area (Å²) in [6.45, 7) is 2.34. The molecule has 0 bridgehead atoms. The quantitative estimate of drug-likeness (QED) is 0.698. The molecular formula is C21H22FN3O5. The monoisotopic (exact) mass is 415 g/mol. The molecule has 0 spiro atoms. The second kappa shape index (κ2) is 7.55. The lowest BCUT2D eigenvalue weighted by Gasteiger charge is -2.47. The maximum Gasteiger partial charge on any atom is 0.274 e. The zero-order valence-corrected chi connectivity index (χ0v) is 16.4. The Morgan fingerprint density at radius 1 is 1.20 bits per heavy atom. The van der Waals surface area contributed by atoms with Crippen LogP contribution in [0.5, 0.6) is 0 Å².